The molecule has 0 radical (unpaired) electrons. The van der Waals surface area contributed by atoms with Crippen LogP contribution in [0.2, 0.25) is 0 Å². The van der Waals surface area contributed by atoms with Gasteiger partial charge in [0.05, 0.1) is 18.0 Å². The molecule has 0 fully saturated rings. The van der Waals surface area contributed by atoms with Crippen molar-refractivity contribution in [2.75, 3.05) is 25.6 Å². The van der Waals surface area contributed by atoms with Gasteiger partial charge in [0.1, 0.15) is 0 Å². The Kier molecular flexibility index (Phi) is 4.38. The molecular weight excluding hydrogens is 294 g/mol. The van der Waals surface area contributed by atoms with Gasteiger partial charge in [-0.05, 0) is 35.0 Å². The SMILES string of the molecule is COCCNc1nc(C)cn1-c1ccccc1Br. The van der Waals surface area contributed by atoms with E-state index in [0.717, 1.165) is 28.3 Å². The summed E-state index contributed by atoms with van der Waals surface area (Å²) in [7, 11) is 1.69. The third-order valence-electron chi connectivity index (χ3n) is 2.53. The number of benzene rings is 1. The minimum atomic E-state index is 0.655. The molecule has 96 valence electrons. The number of hydrogen-bond acceptors (Lipinski definition) is 3. The van der Waals surface area contributed by atoms with E-state index in [9.17, 15) is 0 Å². The maximum Gasteiger partial charge on any atom is 0.207 e. The summed E-state index contributed by atoms with van der Waals surface area (Å²) in [4.78, 5) is 4.48. The van der Waals surface area contributed by atoms with Crippen LogP contribution < -0.4 is 5.32 Å². The van der Waals surface area contributed by atoms with E-state index >= 15 is 0 Å². The van der Waals surface area contributed by atoms with Crippen LogP contribution in [-0.4, -0.2) is 29.8 Å². The minimum absolute atomic E-state index is 0.655. The Bertz CT molecular complexity index is 525. The lowest BCUT2D eigenvalue weighted by atomic mass is 10.3. The molecule has 0 atom stereocenters. The van der Waals surface area contributed by atoms with Gasteiger partial charge >= 0.3 is 0 Å². The van der Waals surface area contributed by atoms with Gasteiger partial charge in [-0.2, -0.15) is 0 Å². The fourth-order valence-electron chi connectivity index (χ4n) is 1.72. The zero-order chi connectivity index (χ0) is 13.0. The first-order valence-corrected chi connectivity index (χ1v) is 6.55. The molecule has 2 rings (SSSR count). The summed E-state index contributed by atoms with van der Waals surface area (Å²) in [5.74, 6) is 0.830. The fraction of sp³-hybridized carbons (Fsp3) is 0.308. The van der Waals surface area contributed by atoms with Crippen molar-refractivity contribution in [3.63, 3.8) is 0 Å². The van der Waals surface area contributed by atoms with Crippen LogP contribution >= 0.6 is 15.9 Å². The molecule has 0 aliphatic rings. The Morgan fingerprint density at radius 3 is 2.89 bits per heavy atom. The molecule has 5 heteroatoms. The van der Waals surface area contributed by atoms with Crippen molar-refractivity contribution in [2.24, 2.45) is 0 Å². The number of aromatic nitrogens is 2. The summed E-state index contributed by atoms with van der Waals surface area (Å²) in [6.07, 6.45) is 2.01. The fourth-order valence-corrected chi connectivity index (χ4v) is 2.19. The predicted octanol–water partition coefficient (Wildman–Crippen LogP) is 3.00. The number of ether oxygens (including phenoxy) is 1. The summed E-state index contributed by atoms with van der Waals surface area (Å²) in [6, 6.07) is 8.07. The van der Waals surface area contributed by atoms with Crippen LogP contribution in [-0.2, 0) is 4.74 Å². The largest absolute Gasteiger partial charge is 0.383 e. The average Bonchev–Trinajstić information content (AvgIpc) is 2.71. The second-order valence-electron chi connectivity index (χ2n) is 3.95. The third kappa shape index (κ3) is 2.91. The van der Waals surface area contributed by atoms with Gasteiger partial charge < -0.3 is 10.1 Å². The van der Waals surface area contributed by atoms with Gasteiger partial charge in [-0.3, -0.25) is 4.57 Å². The lowest BCUT2D eigenvalue weighted by Crippen LogP contribution is -2.11. The maximum atomic E-state index is 5.03. The van der Waals surface area contributed by atoms with E-state index < -0.39 is 0 Å². The van der Waals surface area contributed by atoms with E-state index in [1.54, 1.807) is 7.11 Å². The highest BCUT2D eigenvalue weighted by atomic mass is 79.9. The first-order valence-electron chi connectivity index (χ1n) is 5.76. The minimum Gasteiger partial charge on any atom is -0.383 e. The Morgan fingerprint density at radius 1 is 1.39 bits per heavy atom. The van der Waals surface area contributed by atoms with Crippen molar-refractivity contribution in [3.8, 4) is 5.69 Å². The van der Waals surface area contributed by atoms with Crippen molar-refractivity contribution in [1.29, 1.82) is 0 Å². The molecule has 0 unspecified atom stereocenters. The van der Waals surface area contributed by atoms with Gasteiger partial charge in [-0.15, -0.1) is 0 Å². The Hall–Kier alpha value is -1.33. The summed E-state index contributed by atoms with van der Waals surface area (Å²) in [5.41, 5.74) is 2.05. The van der Waals surface area contributed by atoms with Gasteiger partial charge in [0, 0.05) is 24.3 Å². The van der Waals surface area contributed by atoms with E-state index in [0.29, 0.717) is 6.61 Å². The smallest absolute Gasteiger partial charge is 0.207 e. The van der Waals surface area contributed by atoms with Gasteiger partial charge in [0.15, 0.2) is 0 Å². The lowest BCUT2D eigenvalue weighted by Gasteiger charge is -2.10. The Balaban J connectivity index is 2.30. The first-order chi connectivity index (χ1) is 8.72. The van der Waals surface area contributed by atoms with Gasteiger partial charge in [0.2, 0.25) is 5.95 Å². The summed E-state index contributed by atoms with van der Waals surface area (Å²) in [6.45, 7) is 3.37. The number of anilines is 1. The van der Waals surface area contributed by atoms with E-state index in [4.69, 9.17) is 4.74 Å². The molecule has 1 aromatic carbocycles. The maximum absolute atomic E-state index is 5.03. The average molecular weight is 310 g/mol. The highest BCUT2D eigenvalue weighted by Crippen LogP contribution is 2.24. The predicted molar refractivity (Wildman–Crippen MR) is 76.4 cm³/mol. The molecule has 0 aliphatic carbocycles. The topological polar surface area (TPSA) is 39.1 Å². The van der Waals surface area contributed by atoms with Gasteiger partial charge in [-0.1, -0.05) is 12.1 Å². The van der Waals surface area contributed by atoms with E-state index in [-0.39, 0.29) is 0 Å². The van der Waals surface area contributed by atoms with Crippen molar-refractivity contribution < 1.29 is 4.74 Å². The summed E-state index contributed by atoms with van der Waals surface area (Å²) >= 11 is 3.56. The second kappa shape index (κ2) is 6.02. The monoisotopic (exact) mass is 309 g/mol. The van der Waals surface area contributed by atoms with E-state index in [1.165, 1.54) is 0 Å². The molecule has 0 spiro atoms. The molecule has 18 heavy (non-hydrogen) atoms. The van der Waals surface area contributed by atoms with Crippen LogP contribution in [0.1, 0.15) is 5.69 Å². The number of aryl methyl sites for hydroxylation is 1. The van der Waals surface area contributed by atoms with Crippen LogP contribution in [0.25, 0.3) is 5.69 Å². The molecule has 1 aromatic heterocycles. The van der Waals surface area contributed by atoms with Crippen LogP contribution in [0.4, 0.5) is 5.95 Å². The van der Waals surface area contributed by atoms with Gasteiger partial charge in [-0.25, -0.2) is 4.98 Å². The van der Waals surface area contributed by atoms with E-state index in [2.05, 4.69) is 26.2 Å². The molecule has 1 heterocycles. The molecular formula is C13H16BrN3O. The quantitative estimate of drug-likeness (QED) is 0.863. The number of para-hydroxylation sites is 1. The zero-order valence-corrected chi connectivity index (χ0v) is 12.1. The summed E-state index contributed by atoms with van der Waals surface area (Å²) < 4.78 is 8.11. The van der Waals surface area contributed by atoms with Crippen molar-refractivity contribution in [3.05, 3.63) is 40.6 Å². The standard InChI is InChI=1S/C13H16BrN3O/c1-10-9-17(12-6-4-3-5-11(12)14)13(16-10)15-7-8-18-2/h3-6,9H,7-8H2,1-2H3,(H,15,16). The van der Waals surface area contributed by atoms with Gasteiger partial charge in [0.25, 0.3) is 0 Å². The highest BCUT2D eigenvalue weighted by molar-refractivity contribution is 9.10. The van der Waals surface area contributed by atoms with Crippen LogP contribution in [0.3, 0.4) is 0 Å². The molecule has 0 saturated carbocycles. The summed E-state index contributed by atoms with van der Waals surface area (Å²) in [5, 5.41) is 3.27. The number of nitrogens with zero attached hydrogens (tertiary/aromatic N) is 2. The lowest BCUT2D eigenvalue weighted by molar-refractivity contribution is 0.210. The van der Waals surface area contributed by atoms with Crippen molar-refractivity contribution in [1.82, 2.24) is 9.55 Å². The Labute approximate surface area is 115 Å². The molecule has 0 aliphatic heterocycles. The molecule has 0 bridgehead atoms. The molecule has 4 nitrogen and oxygen atoms in total. The number of nitrogens with one attached hydrogen (secondary N) is 1. The van der Waals surface area contributed by atoms with Crippen molar-refractivity contribution in [2.45, 2.75) is 6.92 Å². The number of hydrogen-bond donors (Lipinski definition) is 1. The van der Waals surface area contributed by atoms with Crippen molar-refractivity contribution >= 4 is 21.9 Å². The molecule has 2 aromatic rings. The first kappa shape index (κ1) is 13.1. The number of rotatable bonds is 5. The number of imidazole rings is 1. The Morgan fingerprint density at radius 2 is 2.17 bits per heavy atom. The third-order valence-corrected chi connectivity index (χ3v) is 3.20. The number of methoxy groups -OCH3 is 1. The molecule has 1 N–H and O–H groups in total. The van der Waals surface area contributed by atoms with Crippen LogP contribution in [0.5, 0.6) is 0 Å². The van der Waals surface area contributed by atoms with E-state index in [1.807, 2.05) is 42.0 Å². The zero-order valence-electron chi connectivity index (χ0n) is 10.5. The number of halogens is 1. The van der Waals surface area contributed by atoms with Crippen LogP contribution in [0.15, 0.2) is 34.9 Å². The second-order valence-corrected chi connectivity index (χ2v) is 4.80. The molecule has 0 amide bonds. The highest BCUT2D eigenvalue weighted by Gasteiger charge is 2.09. The normalized spacial score (nSPS) is 10.6. The van der Waals surface area contributed by atoms with Crippen LogP contribution in [0, 0.1) is 6.92 Å². The molecule has 0 saturated heterocycles.